The van der Waals surface area contributed by atoms with E-state index in [2.05, 4.69) is 4.90 Å². The highest BCUT2D eigenvalue weighted by Gasteiger charge is 2.36. The lowest BCUT2D eigenvalue weighted by Gasteiger charge is -2.41. The zero-order valence-corrected chi connectivity index (χ0v) is 19.5. The maximum absolute atomic E-state index is 11.0. The first kappa shape index (κ1) is 22.9. The molecule has 0 amide bonds. The number of rotatable bonds is 7. The van der Waals surface area contributed by atoms with Crippen LogP contribution in [0.3, 0.4) is 0 Å². The van der Waals surface area contributed by atoms with Crippen LogP contribution in [0.2, 0.25) is 10.0 Å². The van der Waals surface area contributed by atoms with Gasteiger partial charge in [-0.05, 0) is 60.4 Å². The fraction of sp³-hybridized carbons (Fsp3) is 0.417. The molecule has 4 rings (SSSR count). The van der Waals surface area contributed by atoms with Gasteiger partial charge in [0.05, 0.1) is 24.3 Å². The normalized spacial score (nSPS) is 17.1. The van der Waals surface area contributed by atoms with E-state index in [4.69, 9.17) is 42.8 Å². The number of carboxylic acid groups (broad SMARTS) is 1. The van der Waals surface area contributed by atoms with Gasteiger partial charge in [0.2, 0.25) is 0 Å². The van der Waals surface area contributed by atoms with Gasteiger partial charge < -0.3 is 19.5 Å². The third kappa shape index (κ3) is 5.37. The van der Waals surface area contributed by atoms with Gasteiger partial charge in [0.15, 0.2) is 0 Å². The van der Waals surface area contributed by atoms with E-state index in [1.54, 1.807) is 25.3 Å². The molecule has 2 aliphatic rings. The zero-order valence-electron chi connectivity index (χ0n) is 17.9. The molecule has 2 heterocycles. The number of methoxy groups -OCH3 is 1. The number of benzene rings is 2. The number of nitrogens with zero attached hydrogens (tertiary/aromatic N) is 2. The number of fused-ring (bicyclic) bond motifs is 1. The summed E-state index contributed by atoms with van der Waals surface area (Å²) in [6.07, 6.45) is 3.22. The van der Waals surface area contributed by atoms with Crippen molar-refractivity contribution in [2.45, 2.75) is 37.7 Å². The van der Waals surface area contributed by atoms with Crippen LogP contribution in [0.25, 0.3) is 0 Å². The molecule has 0 radical (unpaired) electrons. The van der Waals surface area contributed by atoms with Gasteiger partial charge in [0.25, 0.3) is 0 Å². The van der Waals surface area contributed by atoms with Crippen molar-refractivity contribution in [3.8, 4) is 5.75 Å². The maximum atomic E-state index is 11.0. The number of carboxylic acids is 1. The summed E-state index contributed by atoms with van der Waals surface area (Å²) in [5, 5.41) is 10.2. The van der Waals surface area contributed by atoms with Crippen molar-refractivity contribution in [2.75, 3.05) is 26.8 Å². The quantitative estimate of drug-likeness (QED) is 0.597. The van der Waals surface area contributed by atoms with E-state index in [0.29, 0.717) is 22.9 Å². The van der Waals surface area contributed by atoms with Gasteiger partial charge in [-0.1, -0.05) is 23.2 Å². The average molecular weight is 477 g/mol. The first-order valence-electron chi connectivity index (χ1n) is 10.7. The van der Waals surface area contributed by atoms with Crippen LogP contribution in [0.4, 0.5) is 5.69 Å². The highest BCUT2D eigenvalue weighted by molar-refractivity contribution is 6.31. The molecule has 0 aromatic heterocycles. The summed E-state index contributed by atoms with van der Waals surface area (Å²) in [5.41, 5.74) is 2.54. The molecule has 0 unspecified atom stereocenters. The number of piperidine rings is 1. The van der Waals surface area contributed by atoms with Crippen molar-refractivity contribution in [1.29, 1.82) is 0 Å². The van der Waals surface area contributed by atoms with Gasteiger partial charge >= 0.3 is 5.97 Å². The zero-order chi connectivity index (χ0) is 22.7. The number of carbonyl (C=O) groups is 1. The minimum absolute atomic E-state index is 0.0886. The number of aliphatic carboxylic acids is 1. The summed E-state index contributed by atoms with van der Waals surface area (Å²) >= 11 is 12.2. The minimum atomic E-state index is -0.902. The van der Waals surface area contributed by atoms with Crippen molar-refractivity contribution in [2.24, 2.45) is 4.99 Å². The number of ether oxygens (including phenoxy) is 2. The molecule has 0 spiro atoms. The summed E-state index contributed by atoms with van der Waals surface area (Å²) < 4.78 is 11.8. The maximum Gasteiger partial charge on any atom is 0.307 e. The molecule has 0 atom stereocenters. The first-order valence-corrected chi connectivity index (χ1v) is 11.4. The number of hydrogen-bond donors (Lipinski definition) is 1. The topological polar surface area (TPSA) is 71.4 Å². The number of halogens is 2. The molecule has 2 aromatic rings. The Bertz CT molecular complexity index is 1030. The molecule has 2 aliphatic heterocycles. The van der Waals surface area contributed by atoms with E-state index < -0.39 is 5.97 Å². The van der Waals surface area contributed by atoms with Crippen LogP contribution in [0.15, 0.2) is 41.4 Å². The van der Waals surface area contributed by atoms with Crippen LogP contribution in [0.1, 0.15) is 30.4 Å². The molecular formula is C24H26Cl2N2O4. The van der Waals surface area contributed by atoms with Crippen LogP contribution in [-0.4, -0.2) is 54.2 Å². The lowest BCUT2D eigenvalue weighted by atomic mass is 9.88. The van der Waals surface area contributed by atoms with Gasteiger partial charge in [-0.2, -0.15) is 0 Å². The second kappa shape index (κ2) is 9.69. The average Bonchev–Trinajstić information content (AvgIpc) is 3.16. The van der Waals surface area contributed by atoms with Gasteiger partial charge in [-0.15, -0.1) is 0 Å². The van der Waals surface area contributed by atoms with Crippen LogP contribution in [0, 0.1) is 0 Å². The standard InChI is InChI=1S/C24H26Cl2N2O4/c1-31-24(6-9-32-20-11-16(12-23(29)30)10-19(26)15-20)4-7-28(8-5-24)22-14-17-13-18(25)2-3-21(17)27-22/h2-3,10-11,13,15H,4-9,12,14H2,1H3,(H,29,30). The molecule has 0 bridgehead atoms. The Balaban J connectivity index is 1.31. The van der Waals surface area contributed by atoms with Gasteiger partial charge in [-0.25, -0.2) is 4.99 Å². The highest BCUT2D eigenvalue weighted by atomic mass is 35.5. The van der Waals surface area contributed by atoms with Crippen molar-refractivity contribution >= 4 is 40.7 Å². The molecule has 1 fully saturated rings. The van der Waals surface area contributed by atoms with E-state index in [-0.39, 0.29) is 12.0 Å². The minimum Gasteiger partial charge on any atom is -0.493 e. The molecule has 170 valence electrons. The van der Waals surface area contributed by atoms with E-state index >= 15 is 0 Å². The Morgan fingerprint density at radius 3 is 2.66 bits per heavy atom. The lowest BCUT2D eigenvalue weighted by Crippen LogP contribution is -2.48. The largest absolute Gasteiger partial charge is 0.493 e. The number of amidine groups is 1. The Morgan fingerprint density at radius 2 is 1.94 bits per heavy atom. The molecule has 1 N–H and O–H groups in total. The SMILES string of the molecule is COC1(CCOc2cc(Cl)cc(CC(=O)O)c2)CCN(C2=Nc3ccc(Cl)cc3C2)CC1. The van der Waals surface area contributed by atoms with Gasteiger partial charge in [0, 0.05) is 43.1 Å². The molecule has 1 saturated heterocycles. The predicted octanol–water partition coefficient (Wildman–Crippen LogP) is 5.16. The van der Waals surface area contributed by atoms with Crippen molar-refractivity contribution < 1.29 is 19.4 Å². The van der Waals surface area contributed by atoms with Crippen molar-refractivity contribution in [1.82, 2.24) is 4.90 Å². The summed E-state index contributed by atoms with van der Waals surface area (Å²) in [7, 11) is 1.75. The van der Waals surface area contributed by atoms with E-state index in [1.807, 2.05) is 18.2 Å². The summed E-state index contributed by atoms with van der Waals surface area (Å²) in [6.45, 7) is 2.20. The number of hydrogen-bond acceptors (Lipinski definition) is 5. The Morgan fingerprint density at radius 1 is 1.16 bits per heavy atom. The monoisotopic (exact) mass is 476 g/mol. The Hall–Kier alpha value is -2.28. The molecule has 6 nitrogen and oxygen atoms in total. The second-order valence-corrected chi connectivity index (χ2v) is 9.19. The smallest absolute Gasteiger partial charge is 0.307 e. The van der Waals surface area contributed by atoms with Gasteiger partial charge in [0.1, 0.15) is 11.6 Å². The summed E-state index contributed by atoms with van der Waals surface area (Å²) in [4.78, 5) is 18.1. The number of aliphatic imine (C=N–C) groups is 1. The Kier molecular flexibility index (Phi) is 6.93. The van der Waals surface area contributed by atoms with E-state index in [1.165, 1.54) is 5.56 Å². The molecule has 2 aromatic carbocycles. The van der Waals surface area contributed by atoms with Gasteiger partial charge in [-0.3, -0.25) is 4.79 Å². The van der Waals surface area contributed by atoms with Crippen LogP contribution >= 0.6 is 23.2 Å². The third-order valence-corrected chi connectivity index (χ3v) is 6.68. The molecular weight excluding hydrogens is 451 g/mol. The first-order chi connectivity index (χ1) is 15.4. The lowest BCUT2D eigenvalue weighted by molar-refractivity contribution is -0.136. The van der Waals surface area contributed by atoms with Crippen molar-refractivity contribution in [3.63, 3.8) is 0 Å². The van der Waals surface area contributed by atoms with E-state index in [0.717, 1.165) is 55.3 Å². The fourth-order valence-electron chi connectivity index (χ4n) is 4.40. The predicted molar refractivity (Wildman–Crippen MR) is 126 cm³/mol. The Labute approximate surface area is 197 Å². The van der Waals surface area contributed by atoms with Crippen molar-refractivity contribution in [3.05, 3.63) is 57.6 Å². The molecule has 0 saturated carbocycles. The van der Waals surface area contributed by atoms with Crippen LogP contribution < -0.4 is 4.74 Å². The summed E-state index contributed by atoms with van der Waals surface area (Å²) in [6, 6.07) is 10.9. The summed E-state index contributed by atoms with van der Waals surface area (Å²) in [5.74, 6) is 0.767. The van der Waals surface area contributed by atoms with E-state index in [9.17, 15) is 4.79 Å². The molecule has 8 heteroatoms. The van der Waals surface area contributed by atoms with Crippen LogP contribution in [-0.2, 0) is 22.4 Å². The highest BCUT2D eigenvalue weighted by Crippen LogP contribution is 2.34. The van der Waals surface area contributed by atoms with Crippen LogP contribution in [0.5, 0.6) is 5.75 Å². The number of likely N-dealkylation sites (tertiary alicyclic amines) is 1. The third-order valence-electron chi connectivity index (χ3n) is 6.23. The molecule has 0 aliphatic carbocycles. The second-order valence-electron chi connectivity index (χ2n) is 8.32. The molecule has 32 heavy (non-hydrogen) atoms. The fourth-order valence-corrected chi connectivity index (χ4v) is 4.84.